The highest BCUT2D eigenvalue weighted by Gasteiger charge is 2.24. The van der Waals surface area contributed by atoms with Crippen molar-refractivity contribution in [1.82, 2.24) is 9.97 Å². The molecule has 1 atom stereocenters. The predicted molar refractivity (Wildman–Crippen MR) is 81.1 cm³/mol. The monoisotopic (exact) mass is 311 g/mol. The molecular weight excluding hydrogens is 290 g/mol. The van der Waals surface area contributed by atoms with E-state index in [-0.39, 0.29) is 23.4 Å². The summed E-state index contributed by atoms with van der Waals surface area (Å²) in [5.74, 6) is 0.427. The summed E-state index contributed by atoms with van der Waals surface area (Å²) in [6.07, 6.45) is 4.09. The summed E-state index contributed by atoms with van der Waals surface area (Å²) < 4.78 is 10.4. The molecule has 1 aromatic heterocycles. The third-order valence-corrected chi connectivity index (χ3v) is 3.34. The van der Waals surface area contributed by atoms with Crippen LogP contribution in [0.5, 0.6) is 0 Å². The molecule has 1 unspecified atom stereocenters. The smallest absolute Gasteiger partial charge is 0.353 e. The maximum Gasteiger partial charge on any atom is 0.353 e. The van der Waals surface area contributed by atoms with Gasteiger partial charge in [-0.3, -0.25) is 10.1 Å². The molecule has 0 radical (unpaired) electrons. The van der Waals surface area contributed by atoms with Gasteiger partial charge in [-0.2, -0.15) is 0 Å². The van der Waals surface area contributed by atoms with E-state index in [9.17, 15) is 10.1 Å². The molecule has 0 bridgehead atoms. The highest BCUT2D eigenvalue weighted by molar-refractivity contribution is 5.69. The average Bonchev–Trinajstić information content (AvgIpc) is 3.02. The summed E-state index contributed by atoms with van der Waals surface area (Å²) in [6.45, 7) is 2.36. The lowest BCUT2D eigenvalue weighted by Gasteiger charge is -2.12. The van der Waals surface area contributed by atoms with Crippen LogP contribution in [0.2, 0.25) is 0 Å². The molecule has 9 heteroatoms. The van der Waals surface area contributed by atoms with Crippen molar-refractivity contribution in [3.05, 3.63) is 16.4 Å². The first-order valence-corrected chi connectivity index (χ1v) is 7.30. The second-order valence-corrected chi connectivity index (χ2v) is 4.97. The summed E-state index contributed by atoms with van der Waals surface area (Å²) in [7, 11) is 1.61. The van der Waals surface area contributed by atoms with E-state index < -0.39 is 4.92 Å². The first-order valence-electron chi connectivity index (χ1n) is 7.30. The molecular formula is C13H21N5O4. The molecule has 1 aromatic rings. The molecule has 1 aliphatic heterocycles. The molecule has 2 N–H and O–H groups in total. The fourth-order valence-electron chi connectivity index (χ4n) is 2.25. The Balaban J connectivity index is 2.02. The van der Waals surface area contributed by atoms with Crippen molar-refractivity contribution in [2.75, 3.05) is 44.0 Å². The number of nitrogens with zero attached hydrogens (tertiary/aromatic N) is 3. The van der Waals surface area contributed by atoms with Gasteiger partial charge >= 0.3 is 5.69 Å². The van der Waals surface area contributed by atoms with Crippen molar-refractivity contribution in [2.24, 2.45) is 0 Å². The summed E-state index contributed by atoms with van der Waals surface area (Å²) in [5.41, 5.74) is -0.141. The van der Waals surface area contributed by atoms with E-state index in [1.54, 1.807) is 7.11 Å². The summed E-state index contributed by atoms with van der Waals surface area (Å²) in [6, 6.07) is 0. The van der Waals surface area contributed by atoms with Crippen molar-refractivity contribution in [3.63, 3.8) is 0 Å². The number of nitro groups is 1. The molecule has 0 spiro atoms. The number of aromatic nitrogens is 2. The Morgan fingerprint density at radius 3 is 2.86 bits per heavy atom. The summed E-state index contributed by atoms with van der Waals surface area (Å²) in [4.78, 5) is 18.8. The molecule has 22 heavy (non-hydrogen) atoms. The Kier molecular flexibility index (Phi) is 6.28. The second-order valence-electron chi connectivity index (χ2n) is 4.97. The highest BCUT2D eigenvalue weighted by Crippen LogP contribution is 2.29. The van der Waals surface area contributed by atoms with Crippen molar-refractivity contribution >= 4 is 17.3 Å². The van der Waals surface area contributed by atoms with E-state index in [2.05, 4.69) is 20.6 Å². The predicted octanol–water partition coefficient (Wildman–Crippen LogP) is 1.42. The quantitative estimate of drug-likeness (QED) is 0.400. The minimum Gasteiger partial charge on any atom is -0.385 e. The fraction of sp³-hybridized carbons (Fsp3) is 0.692. The molecule has 1 aliphatic rings. The second kappa shape index (κ2) is 8.44. The summed E-state index contributed by atoms with van der Waals surface area (Å²) in [5, 5.41) is 17.3. The van der Waals surface area contributed by atoms with E-state index in [4.69, 9.17) is 9.47 Å². The first-order chi connectivity index (χ1) is 10.7. The number of ether oxygens (including phenoxy) is 2. The van der Waals surface area contributed by atoms with Crippen LogP contribution in [0.3, 0.4) is 0 Å². The number of hydrogen-bond acceptors (Lipinski definition) is 8. The van der Waals surface area contributed by atoms with E-state index in [0.29, 0.717) is 19.7 Å². The van der Waals surface area contributed by atoms with Crippen LogP contribution in [0.25, 0.3) is 0 Å². The minimum absolute atomic E-state index is 0.0766. The van der Waals surface area contributed by atoms with E-state index in [0.717, 1.165) is 25.9 Å². The van der Waals surface area contributed by atoms with Crippen LogP contribution in [-0.2, 0) is 9.47 Å². The molecule has 0 amide bonds. The van der Waals surface area contributed by atoms with Crippen LogP contribution >= 0.6 is 0 Å². The normalized spacial score (nSPS) is 17.4. The van der Waals surface area contributed by atoms with Gasteiger partial charge in [0.2, 0.25) is 11.6 Å². The molecule has 0 saturated carbocycles. The van der Waals surface area contributed by atoms with E-state index in [1.807, 2.05) is 0 Å². The van der Waals surface area contributed by atoms with Crippen LogP contribution in [0.1, 0.15) is 19.3 Å². The highest BCUT2D eigenvalue weighted by atomic mass is 16.6. The number of hydrogen-bond donors (Lipinski definition) is 2. The lowest BCUT2D eigenvalue weighted by molar-refractivity contribution is -0.383. The molecule has 2 rings (SSSR count). The average molecular weight is 311 g/mol. The lowest BCUT2D eigenvalue weighted by atomic mass is 10.2. The molecule has 0 aromatic carbocycles. The van der Waals surface area contributed by atoms with Gasteiger partial charge in [-0.15, -0.1) is 0 Å². The van der Waals surface area contributed by atoms with Crippen molar-refractivity contribution in [1.29, 1.82) is 0 Å². The van der Waals surface area contributed by atoms with Gasteiger partial charge in [0.05, 0.1) is 11.0 Å². The van der Waals surface area contributed by atoms with Crippen LogP contribution in [0, 0.1) is 10.1 Å². The van der Waals surface area contributed by atoms with Gasteiger partial charge in [-0.05, 0) is 19.3 Å². The fourth-order valence-corrected chi connectivity index (χ4v) is 2.25. The molecule has 9 nitrogen and oxygen atoms in total. The van der Waals surface area contributed by atoms with E-state index in [1.165, 1.54) is 6.33 Å². The zero-order chi connectivity index (χ0) is 15.8. The lowest BCUT2D eigenvalue weighted by Crippen LogP contribution is -2.20. The Hall–Kier alpha value is -2.00. The topological polar surface area (TPSA) is 111 Å². The van der Waals surface area contributed by atoms with Gasteiger partial charge in [-0.1, -0.05) is 0 Å². The third-order valence-electron chi connectivity index (χ3n) is 3.34. The third kappa shape index (κ3) is 4.50. The SMILES string of the molecule is COCCCNc1ncnc(NCC2CCCO2)c1[N+](=O)[O-]. The number of nitrogens with one attached hydrogen (secondary N) is 2. The maximum absolute atomic E-state index is 11.3. The molecule has 1 saturated heterocycles. The van der Waals surface area contributed by atoms with Crippen LogP contribution in [-0.4, -0.2) is 54.4 Å². The van der Waals surface area contributed by atoms with Gasteiger partial charge in [0, 0.05) is 33.4 Å². The van der Waals surface area contributed by atoms with Gasteiger partial charge in [-0.25, -0.2) is 9.97 Å². The number of anilines is 2. The van der Waals surface area contributed by atoms with Crippen molar-refractivity contribution in [3.8, 4) is 0 Å². The zero-order valence-electron chi connectivity index (χ0n) is 12.6. The minimum atomic E-state index is -0.476. The molecule has 0 aliphatic carbocycles. The Morgan fingerprint density at radius 2 is 2.23 bits per heavy atom. The summed E-state index contributed by atoms with van der Waals surface area (Å²) >= 11 is 0. The van der Waals surface area contributed by atoms with Crippen LogP contribution in [0.15, 0.2) is 6.33 Å². The van der Waals surface area contributed by atoms with Gasteiger partial charge in [0.15, 0.2) is 0 Å². The standard InChI is InChI=1S/C13H21N5O4/c1-21-6-3-5-14-12-11(18(19)20)13(17-9-16-12)15-8-10-4-2-7-22-10/h9-10H,2-8H2,1H3,(H2,14,15,16,17). The number of methoxy groups -OCH3 is 1. The maximum atomic E-state index is 11.3. The van der Waals surface area contributed by atoms with Crippen molar-refractivity contribution in [2.45, 2.75) is 25.4 Å². The molecule has 122 valence electrons. The largest absolute Gasteiger partial charge is 0.385 e. The first kappa shape index (κ1) is 16.4. The molecule has 2 heterocycles. The van der Waals surface area contributed by atoms with Crippen LogP contribution in [0.4, 0.5) is 17.3 Å². The number of rotatable bonds is 9. The Morgan fingerprint density at radius 1 is 1.45 bits per heavy atom. The van der Waals surface area contributed by atoms with E-state index >= 15 is 0 Å². The Labute approximate surface area is 128 Å². The zero-order valence-corrected chi connectivity index (χ0v) is 12.6. The Bertz CT molecular complexity index is 493. The van der Waals surface area contributed by atoms with Gasteiger partial charge < -0.3 is 20.1 Å². The van der Waals surface area contributed by atoms with Gasteiger partial charge in [0.1, 0.15) is 6.33 Å². The molecule has 1 fully saturated rings. The van der Waals surface area contributed by atoms with Crippen LogP contribution < -0.4 is 10.6 Å². The van der Waals surface area contributed by atoms with Crippen molar-refractivity contribution < 1.29 is 14.4 Å². The van der Waals surface area contributed by atoms with Gasteiger partial charge in [0.25, 0.3) is 0 Å².